The van der Waals surface area contributed by atoms with Gasteiger partial charge in [0, 0.05) is 12.8 Å². The van der Waals surface area contributed by atoms with E-state index in [-0.39, 0.29) is 5.75 Å². The summed E-state index contributed by atoms with van der Waals surface area (Å²) in [5, 5.41) is 0. The van der Waals surface area contributed by atoms with Crippen molar-refractivity contribution in [3.8, 4) is 0 Å². The molecule has 0 fully saturated rings. The van der Waals surface area contributed by atoms with Gasteiger partial charge in [0.15, 0.2) is 9.84 Å². The van der Waals surface area contributed by atoms with Gasteiger partial charge in [-0.3, -0.25) is 4.79 Å². The van der Waals surface area contributed by atoms with Crippen molar-refractivity contribution in [2.45, 2.75) is 50.8 Å². The fourth-order valence-electron chi connectivity index (χ4n) is 1.92. The number of hydrogen-bond donors (Lipinski definition) is 0. The summed E-state index contributed by atoms with van der Waals surface area (Å²) >= 11 is 0. The Morgan fingerprint density at radius 1 is 1.05 bits per heavy atom. The minimum absolute atomic E-state index is 0.123. The number of carbonyl (C=O) groups is 1. The van der Waals surface area contributed by atoms with Crippen LogP contribution >= 0.6 is 0 Å². The molecule has 19 heavy (non-hydrogen) atoms. The molecule has 0 saturated heterocycles. The standard InChI is InChI=1S/C15H22O3S/c1-3-6-14(16)8-5-7-13-9-11-15(12-10-13)19(17,18)4-2/h9-12H,3-8H2,1-2H3. The predicted molar refractivity (Wildman–Crippen MR) is 77.0 cm³/mol. The second-order valence-corrected chi connectivity index (χ2v) is 6.97. The van der Waals surface area contributed by atoms with Crippen LogP contribution in [-0.2, 0) is 21.1 Å². The molecule has 0 saturated carbocycles. The molecule has 0 aliphatic heterocycles. The first-order valence-electron chi connectivity index (χ1n) is 6.83. The lowest BCUT2D eigenvalue weighted by atomic mass is 10.1. The minimum Gasteiger partial charge on any atom is -0.300 e. The highest BCUT2D eigenvalue weighted by atomic mass is 32.2. The quantitative estimate of drug-likeness (QED) is 0.736. The largest absolute Gasteiger partial charge is 0.300 e. The van der Waals surface area contributed by atoms with Gasteiger partial charge in [0.25, 0.3) is 0 Å². The summed E-state index contributed by atoms with van der Waals surface area (Å²) in [6.45, 7) is 3.65. The van der Waals surface area contributed by atoms with Gasteiger partial charge in [0.1, 0.15) is 5.78 Å². The van der Waals surface area contributed by atoms with Crippen LogP contribution in [0.3, 0.4) is 0 Å². The molecule has 0 amide bonds. The van der Waals surface area contributed by atoms with Crippen molar-refractivity contribution < 1.29 is 13.2 Å². The summed E-state index contributed by atoms with van der Waals surface area (Å²) in [6.07, 6.45) is 3.83. The average molecular weight is 282 g/mol. The third kappa shape index (κ3) is 5.15. The van der Waals surface area contributed by atoms with E-state index in [0.717, 1.165) is 24.8 Å². The molecule has 0 N–H and O–H groups in total. The molecule has 0 atom stereocenters. The predicted octanol–water partition coefficient (Wildman–Crippen LogP) is 3.17. The highest BCUT2D eigenvalue weighted by molar-refractivity contribution is 7.91. The van der Waals surface area contributed by atoms with Gasteiger partial charge in [-0.1, -0.05) is 26.0 Å². The van der Waals surface area contributed by atoms with Crippen LogP contribution in [0.25, 0.3) is 0 Å². The molecular formula is C15H22O3S. The molecule has 0 aromatic heterocycles. The van der Waals surface area contributed by atoms with Crippen LogP contribution in [0.2, 0.25) is 0 Å². The first-order valence-corrected chi connectivity index (χ1v) is 8.48. The molecule has 0 heterocycles. The van der Waals surface area contributed by atoms with Gasteiger partial charge in [0.05, 0.1) is 10.6 Å². The van der Waals surface area contributed by atoms with E-state index in [1.807, 2.05) is 19.1 Å². The van der Waals surface area contributed by atoms with Gasteiger partial charge in [0.2, 0.25) is 0 Å². The number of Topliss-reactive ketones (excluding diaryl/α,β-unsaturated/α-hetero) is 1. The number of rotatable bonds is 8. The van der Waals surface area contributed by atoms with Crippen molar-refractivity contribution in [3.63, 3.8) is 0 Å². The van der Waals surface area contributed by atoms with Crippen LogP contribution in [0.5, 0.6) is 0 Å². The Labute approximate surface area is 116 Å². The van der Waals surface area contributed by atoms with Gasteiger partial charge < -0.3 is 0 Å². The maximum Gasteiger partial charge on any atom is 0.178 e. The van der Waals surface area contributed by atoms with Crippen LogP contribution in [0, 0.1) is 0 Å². The summed E-state index contributed by atoms with van der Waals surface area (Å²) in [4.78, 5) is 11.8. The minimum atomic E-state index is -3.11. The third-order valence-electron chi connectivity index (χ3n) is 3.11. The SMILES string of the molecule is CCCC(=O)CCCc1ccc(S(=O)(=O)CC)cc1. The van der Waals surface area contributed by atoms with Crippen molar-refractivity contribution in [1.82, 2.24) is 0 Å². The normalized spacial score (nSPS) is 11.5. The topological polar surface area (TPSA) is 51.2 Å². The first kappa shape index (κ1) is 15.9. The zero-order valence-corrected chi connectivity index (χ0v) is 12.5. The number of benzene rings is 1. The van der Waals surface area contributed by atoms with Crippen LogP contribution < -0.4 is 0 Å². The number of ketones is 1. The zero-order chi connectivity index (χ0) is 14.3. The molecule has 0 aliphatic carbocycles. The maximum absolute atomic E-state index is 11.6. The molecule has 0 spiro atoms. The van der Waals surface area contributed by atoms with Gasteiger partial charge >= 0.3 is 0 Å². The molecule has 1 aromatic rings. The first-order chi connectivity index (χ1) is 8.99. The second-order valence-electron chi connectivity index (χ2n) is 4.69. The summed E-state index contributed by atoms with van der Waals surface area (Å²) in [5.74, 6) is 0.436. The van der Waals surface area contributed by atoms with Crippen molar-refractivity contribution in [2.24, 2.45) is 0 Å². The molecule has 0 aliphatic rings. The Morgan fingerprint density at radius 2 is 1.68 bits per heavy atom. The van der Waals surface area contributed by atoms with Crippen molar-refractivity contribution in [1.29, 1.82) is 0 Å². The highest BCUT2D eigenvalue weighted by Crippen LogP contribution is 2.14. The van der Waals surface area contributed by atoms with Crippen LogP contribution in [-0.4, -0.2) is 20.0 Å². The lowest BCUT2D eigenvalue weighted by Crippen LogP contribution is -2.03. The zero-order valence-electron chi connectivity index (χ0n) is 11.7. The lowest BCUT2D eigenvalue weighted by molar-refractivity contribution is -0.119. The van der Waals surface area contributed by atoms with Crippen LogP contribution in [0.1, 0.15) is 45.1 Å². The summed E-state index contributed by atoms with van der Waals surface area (Å²) in [6, 6.07) is 6.99. The monoisotopic (exact) mass is 282 g/mol. The molecular weight excluding hydrogens is 260 g/mol. The summed E-state index contributed by atoms with van der Waals surface area (Å²) in [5.41, 5.74) is 1.08. The molecule has 0 radical (unpaired) electrons. The third-order valence-corrected chi connectivity index (χ3v) is 4.86. The Hall–Kier alpha value is -1.16. The lowest BCUT2D eigenvalue weighted by Gasteiger charge is -2.04. The summed E-state index contributed by atoms with van der Waals surface area (Å²) in [7, 11) is -3.11. The van der Waals surface area contributed by atoms with Crippen molar-refractivity contribution in [3.05, 3.63) is 29.8 Å². The average Bonchev–Trinajstić information content (AvgIpc) is 2.40. The fourth-order valence-corrected chi connectivity index (χ4v) is 2.81. The number of aryl methyl sites for hydroxylation is 1. The maximum atomic E-state index is 11.6. The van der Waals surface area contributed by atoms with E-state index in [9.17, 15) is 13.2 Å². The van der Waals surface area contributed by atoms with E-state index < -0.39 is 9.84 Å². The van der Waals surface area contributed by atoms with Gasteiger partial charge in [-0.25, -0.2) is 8.42 Å². The Balaban J connectivity index is 2.52. The molecule has 3 nitrogen and oxygen atoms in total. The molecule has 4 heteroatoms. The molecule has 0 unspecified atom stereocenters. The number of carbonyl (C=O) groups excluding carboxylic acids is 1. The van der Waals surface area contributed by atoms with E-state index in [4.69, 9.17) is 0 Å². The number of hydrogen-bond acceptors (Lipinski definition) is 3. The number of sulfone groups is 1. The Morgan fingerprint density at radius 3 is 2.21 bits per heavy atom. The molecule has 0 bridgehead atoms. The van der Waals surface area contributed by atoms with E-state index in [0.29, 0.717) is 23.5 Å². The van der Waals surface area contributed by atoms with E-state index >= 15 is 0 Å². The van der Waals surface area contributed by atoms with Crippen molar-refractivity contribution >= 4 is 15.6 Å². The molecule has 1 rings (SSSR count). The highest BCUT2D eigenvalue weighted by Gasteiger charge is 2.10. The van der Waals surface area contributed by atoms with Crippen molar-refractivity contribution in [2.75, 3.05) is 5.75 Å². The summed E-state index contributed by atoms with van der Waals surface area (Å²) < 4.78 is 23.3. The molecule has 106 valence electrons. The van der Waals surface area contributed by atoms with E-state index in [1.165, 1.54) is 0 Å². The van der Waals surface area contributed by atoms with Gasteiger partial charge in [-0.15, -0.1) is 0 Å². The molecule has 1 aromatic carbocycles. The Kier molecular flexibility index (Phi) is 6.22. The van der Waals surface area contributed by atoms with Gasteiger partial charge in [-0.2, -0.15) is 0 Å². The smallest absolute Gasteiger partial charge is 0.178 e. The Bertz CT molecular complexity index is 501. The van der Waals surface area contributed by atoms with E-state index in [1.54, 1.807) is 19.1 Å². The second kappa shape index (κ2) is 7.43. The fraction of sp³-hybridized carbons (Fsp3) is 0.533. The van der Waals surface area contributed by atoms with Gasteiger partial charge in [-0.05, 0) is 37.0 Å². The van der Waals surface area contributed by atoms with Crippen LogP contribution in [0.4, 0.5) is 0 Å². The van der Waals surface area contributed by atoms with E-state index in [2.05, 4.69) is 0 Å². The van der Waals surface area contributed by atoms with Crippen LogP contribution in [0.15, 0.2) is 29.2 Å².